The molecule has 0 fully saturated rings. The molecule has 0 N–H and O–H groups in total. The number of Topliss-reactive ketones (excluding diaryl/α,β-unsaturated/α-hetero) is 2. The zero-order valence-electron chi connectivity index (χ0n) is 11.9. The molecule has 0 amide bonds. The second-order valence-corrected chi connectivity index (χ2v) is 4.64. The van der Waals surface area contributed by atoms with Crippen molar-refractivity contribution in [2.75, 3.05) is 7.11 Å². The minimum Gasteiger partial charge on any atom is -0.469 e. The van der Waals surface area contributed by atoms with Gasteiger partial charge in [-0.3, -0.25) is 14.4 Å². The van der Waals surface area contributed by atoms with Crippen molar-refractivity contribution < 1.29 is 19.1 Å². The van der Waals surface area contributed by atoms with E-state index in [1.54, 1.807) is 13.8 Å². The topological polar surface area (TPSA) is 60.4 Å². The highest BCUT2D eigenvalue weighted by atomic mass is 16.5. The van der Waals surface area contributed by atoms with Gasteiger partial charge in [0.15, 0.2) is 0 Å². The third-order valence-electron chi connectivity index (χ3n) is 3.38. The molecule has 1 aromatic rings. The van der Waals surface area contributed by atoms with Crippen molar-refractivity contribution in [1.82, 2.24) is 0 Å². The number of benzene rings is 1. The largest absolute Gasteiger partial charge is 0.469 e. The molecule has 0 aromatic heterocycles. The molecule has 0 saturated heterocycles. The van der Waals surface area contributed by atoms with Crippen LogP contribution in [0.3, 0.4) is 0 Å². The van der Waals surface area contributed by atoms with Crippen LogP contribution in [0.1, 0.15) is 39.0 Å². The lowest BCUT2D eigenvalue weighted by atomic mass is 9.90. The SMILES string of the molecule is COC(=O)CC(=O)C(=O)c1c(C)c(C)cc(C)c1C. The lowest BCUT2D eigenvalue weighted by Gasteiger charge is -2.13. The molecule has 0 aliphatic rings. The fourth-order valence-corrected chi connectivity index (χ4v) is 1.98. The van der Waals surface area contributed by atoms with Crippen molar-refractivity contribution in [2.45, 2.75) is 34.1 Å². The zero-order valence-corrected chi connectivity index (χ0v) is 11.9. The van der Waals surface area contributed by atoms with Crippen LogP contribution in [0.5, 0.6) is 0 Å². The van der Waals surface area contributed by atoms with Gasteiger partial charge in [-0.05, 0) is 49.9 Å². The molecular formula is C15H18O4. The van der Waals surface area contributed by atoms with Crippen LogP contribution in [0.25, 0.3) is 0 Å². The molecule has 19 heavy (non-hydrogen) atoms. The van der Waals surface area contributed by atoms with E-state index in [4.69, 9.17) is 0 Å². The van der Waals surface area contributed by atoms with Crippen LogP contribution in [0.2, 0.25) is 0 Å². The predicted molar refractivity (Wildman–Crippen MR) is 71.4 cm³/mol. The Bertz CT molecular complexity index is 530. The molecule has 0 radical (unpaired) electrons. The number of aryl methyl sites for hydroxylation is 2. The molecule has 0 atom stereocenters. The second-order valence-electron chi connectivity index (χ2n) is 4.64. The van der Waals surface area contributed by atoms with E-state index in [0.29, 0.717) is 5.56 Å². The van der Waals surface area contributed by atoms with Crippen molar-refractivity contribution in [3.05, 3.63) is 33.9 Å². The quantitative estimate of drug-likeness (QED) is 0.361. The predicted octanol–water partition coefficient (Wildman–Crippen LogP) is 2.24. The zero-order chi connectivity index (χ0) is 14.7. The molecule has 1 rings (SSSR count). The number of esters is 1. The summed E-state index contributed by atoms with van der Waals surface area (Å²) in [4.78, 5) is 35.0. The van der Waals surface area contributed by atoms with Crippen LogP contribution >= 0.6 is 0 Å². The number of carbonyl (C=O) groups is 3. The first-order chi connectivity index (χ1) is 8.79. The Hall–Kier alpha value is -1.97. The second kappa shape index (κ2) is 5.78. The number of carbonyl (C=O) groups excluding carboxylic acids is 3. The lowest BCUT2D eigenvalue weighted by Crippen LogP contribution is -2.21. The minimum atomic E-state index is -0.733. The van der Waals surface area contributed by atoms with Gasteiger partial charge in [-0.15, -0.1) is 0 Å². The Balaban J connectivity index is 3.20. The van der Waals surface area contributed by atoms with Gasteiger partial charge in [0.2, 0.25) is 11.6 Å². The Morgan fingerprint density at radius 2 is 1.47 bits per heavy atom. The molecule has 0 spiro atoms. The van der Waals surface area contributed by atoms with Gasteiger partial charge in [0.05, 0.1) is 7.11 Å². The Labute approximate surface area is 112 Å². The van der Waals surface area contributed by atoms with E-state index < -0.39 is 24.0 Å². The molecule has 4 heteroatoms. The van der Waals surface area contributed by atoms with Gasteiger partial charge in [-0.2, -0.15) is 0 Å². The summed E-state index contributed by atoms with van der Waals surface area (Å²) in [7, 11) is 1.19. The average molecular weight is 262 g/mol. The molecular weight excluding hydrogens is 244 g/mol. The summed E-state index contributed by atoms with van der Waals surface area (Å²) in [5, 5.41) is 0. The Morgan fingerprint density at radius 3 is 1.89 bits per heavy atom. The smallest absolute Gasteiger partial charge is 0.313 e. The lowest BCUT2D eigenvalue weighted by molar-refractivity contribution is -0.142. The molecule has 0 heterocycles. The average Bonchev–Trinajstić information content (AvgIpc) is 2.36. The number of hydrogen-bond acceptors (Lipinski definition) is 4. The van der Waals surface area contributed by atoms with Crippen molar-refractivity contribution in [2.24, 2.45) is 0 Å². The van der Waals surface area contributed by atoms with Crippen LogP contribution < -0.4 is 0 Å². The van der Waals surface area contributed by atoms with Crippen molar-refractivity contribution in [3.63, 3.8) is 0 Å². The molecule has 1 aromatic carbocycles. The van der Waals surface area contributed by atoms with Gasteiger partial charge in [0.25, 0.3) is 0 Å². The highest BCUT2D eigenvalue weighted by Crippen LogP contribution is 2.22. The Kier molecular flexibility index (Phi) is 4.59. The van der Waals surface area contributed by atoms with Gasteiger partial charge in [-0.1, -0.05) is 6.07 Å². The van der Waals surface area contributed by atoms with E-state index in [-0.39, 0.29) is 0 Å². The van der Waals surface area contributed by atoms with Crippen molar-refractivity contribution in [1.29, 1.82) is 0 Å². The van der Waals surface area contributed by atoms with Crippen molar-refractivity contribution in [3.8, 4) is 0 Å². The maximum atomic E-state index is 12.2. The summed E-state index contributed by atoms with van der Waals surface area (Å²) in [6.07, 6.45) is -0.513. The van der Waals surface area contributed by atoms with Crippen LogP contribution in [0.4, 0.5) is 0 Å². The van der Waals surface area contributed by atoms with Crippen LogP contribution in [-0.4, -0.2) is 24.6 Å². The standard InChI is InChI=1S/C15H18O4/c1-8-6-9(2)11(4)14(10(8)3)15(18)12(16)7-13(17)19-5/h6H,7H2,1-5H3. The molecule has 0 aliphatic heterocycles. The maximum Gasteiger partial charge on any atom is 0.313 e. The first-order valence-corrected chi connectivity index (χ1v) is 6.01. The summed E-state index contributed by atoms with van der Waals surface area (Å²) in [6.45, 7) is 7.40. The molecule has 4 nitrogen and oxygen atoms in total. The summed E-state index contributed by atoms with van der Waals surface area (Å²) in [5.74, 6) is -2.05. The number of hydrogen-bond donors (Lipinski definition) is 0. The van der Waals surface area contributed by atoms with E-state index in [1.807, 2.05) is 19.9 Å². The van der Waals surface area contributed by atoms with Gasteiger partial charge in [0, 0.05) is 5.56 Å². The van der Waals surface area contributed by atoms with Crippen LogP contribution in [0.15, 0.2) is 6.07 Å². The molecule has 0 bridgehead atoms. The number of rotatable bonds is 4. The third kappa shape index (κ3) is 3.08. The van der Waals surface area contributed by atoms with Crippen molar-refractivity contribution >= 4 is 17.5 Å². The third-order valence-corrected chi connectivity index (χ3v) is 3.38. The fraction of sp³-hybridized carbons (Fsp3) is 0.400. The van der Waals surface area contributed by atoms with E-state index in [2.05, 4.69) is 4.74 Å². The number of ketones is 2. The van der Waals surface area contributed by atoms with Gasteiger partial charge < -0.3 is 4.74 Å². The van der Waals surface area contributed by atoms with Crippen LogP contribution in [-0.2, 0) is 14.3 Å². The monoisotopic (exact) mass is 262 g/mol. The molecule has 102 valence electrons. The number of ether oxygens (including phenoxy) is 1. The minimum absolute atomic E-state index is 0.409. The fourth-order valence-electron chi connectivity index (χ4n) is 1.98. The summed E-state index contributed by atoms with van der Waals surface area (Å²) < 4.78 is 4.40. The van der Waals surface area contributed by atoms with Gasteiger partial charge >= 0.3 is 5.97 Å². The first-order valence-electron chi connectivity index (χ1n) is 6.01. The van der Waals surface area contributed by atoms with E-state index in [9.17, 15) is 14.4 Å². The van der Waals surface area contributed by atoms with Gasteiger partial charge in [0.1, 0.15) is 6.42 Å². The highest BCUT2D eigenvalue weighted by Gasteiger charge is 2.24. The number of methoxy groups -OCH3 is 1. The highest BCUT2D eigenvalue weighted by molar-refractivity contribution is 6.46. The molecule has 0 unspecified atom stereocenters. The summed E-state index contributed by atoms with van der Waals surface area (Å²) >= 11 is 0. The first kappa shape index (κ1) is 15.1. The van der Waals surface area contributed by atoms with E-state index in [1.165, 1.54) is 7.11 Å². The normalized spacial score (nSPS) is 10.2. The molecule has 0 saturated carbocycles. The summed E-state index contributed by atoms with van der Waals surface area (Å²) in [6, 6.07) is 1.98. The molecule has 0 aliphatic carbocycles. The summed E-state index contributed by atoms with van der Waals surface area (Å²) in [5.41, 5.74) is 3.89. The maximum absolute atomic E-state index is 12.2. The van der Waals surface area contributed by atoms with E-state index >= 15 is 0 Å². The van der Waals surface area contributed by atoms with Gasteiger partial charge in [-0.25, -0.2) is 0 Å². The Morgan fingerprint density at radius 1 is 1.00 bits per heavy atom. The van der Waals surface area contributed by atoms with Crippen LogP contribution in [0, 0.1) is 27.7 Å². The van der Waals surface area contributed by atoms with E-state index in [0.717, 1.165) is 22.3 Å².